The fourth-order valence-electron chi connectivity index (χ4n) is 3.92. The molecule has 0 amide bonds. The van der Waals surface area contributed by atoms with Crippen molar-refractivity contribution in [2.24, 2.45) is 7.05 Å². The minimum absolute atomic E-state index is 0.291. The van der Waals surface area contributed by atoms with E-state index in [1.165, 1.54) is 31.6 Å². The Kier molecular flexibility index (Phi) is 5.46. The Labute approximate surface area is 181 Å². The molecule has 0 saturated heterocycles. The molecule has 0 bridgehead atoms. The zero-order valence-electron chi connectivity index (χ0n) is 18.5. The standard InChI is InChI=1S/C25H26N4O2/c1-16-8-7-11-22(29-25(30)28(5)26-27-29)21(16)15-31-23-13-12-20(14-19(23)4)24-17(2)9-6-10-18(24)3/h6-14H,15H2,1-5H3. The quantitative estimate of drug-likeness (QED) is 0.484. The van der Waals surface area contributed by atoms with Crippen LogP contribution in [0.2, 0.25) is 0 Å². The van der Waals surface area contributed by atoms with Crippen LogP contribution < -0.4 is 10.4 Å². The molecule has 0 aliphatic rings. The van der Waals surface area contributed by atoms with E-state index in [9.17, 15) is 4.79 Å². The highest BCUT2D eigenvalue weighted by Gasteiger charge is 2.14. The van der Waals surface area contributed by atoms with E-state index in [0.29, 0.717) is 12.3 Å². The number of tetrazole rings is 1. The van der Waals surface area contributed by atoms with Crippen LogP contribution in [0.3, 0.4) is 0 Å². The molecule has 0 atom stereocenters. The molecule has 0 spiro atoms. The Morgan fingerprint density at radius 1 is 0.839 bits per heavy atom. The summed E-state index contributed by atoms with van der Waals surface area (Å²) in [4.78, 5) is 12.3. The smallest absolute Gasteiger partial charge is 0.368 e. The first-order valence-corrected chi connectivity index (χ1v) is 10.2. The SMILES string of the molecule is Cc1cc(-c2c(C)cccc2C)ccc1OCc1c(C)cccc1-n1nnn(C)c1=O. The maximum absolute atomic E-state index is 12.3. The fourth-order valence-corrected chi connectivity index (χ4v) is 3.92. The lowest BCUT2D eigenvalue weighted by molar-refractivity contribution is 0.302. The number of rotatable bonds is 5. The molecule has 4 aromatic rings. The van der Waals surface area contributed by atoms with Crippen molar-refractivity contribution < 1.29 is 4.74 Å². The summed E-state index contributed by atoms with van der Waals surface area (Å²) in [6.07, 6.45) is 0. The number of hydrogen-bond donors (Lipinski definition) is 0. The third kappa shape index (κ3) is 3.89. The van der Waals surface area contributed by atoms with E-state index in [-0.39, 0.29) is 5.69 Å². The van der Waals surface area contributed by atoms with Crippen molar-refractivity contribution in [3.8, 4) is 22.6 Å². The highest BCUT2D eigenvalue weighted by molar-refractivity contribution is 5.72. The molecule has 31 heavy (non-hydrogen) atoms. The Morgan fingerprint density at radius 3 is 2.16 bits per heavy atom. The van der Waals surface area contributed by atoms with Gasteiger partial charge in [0.15, 0.2) is 0 Å². The van der Waals surface area contributed by atoms with E-state index in [2.05, 4.69) is 61.5 Å². The second-order valence-corrected chi connectivity index (χ2v) is 7.91. The molecule has 0 saturated carbocycles. The lowest BCUT2D eigenvalue weighted by Crippen LogP contribution is -2.23. The van der Waals surface area contributed by atoms with Gasteiger partial charge in [0.05, 0.1) is 5.69 Å². The summed E-state index contributed by atoms with van der Waals surface area (Å²) in [6.45, 7) is 8.65. The van der Waals surface area contributed by atoms with E-state index < -0.39 is 0 Å². The highest BCUT2D eigenvalue weighted by atomic mass is 16.5. The van der Waals surface area contributed by atoms with Crippen LogP contribution in [0.15, 0.2) is 59.4 Å². The van der Waals surface area contributed by atoms with Crippen molar-refractivity contribution in [1.82, 2.24) is 19.8 Å². The number of hydrogen-bond acceptors (Lipinski definition) is 4. The van der Waals surface area contributed by atoms with Crippen molar-refractivity contribution in [3.63, 3.8) is 0 Å². The van der Waals surface area contributed by atoms with Gasteiger partial charge in [0, 0.05) is 12.6 Å². The minimum Gasteiger partial charge on any atom is -0.489 e. The van der Waals surface area contributed by atoms with Crippen molar-refractivity contribution in [1.29, 1.82) is 0 Å². The van der Waals surface area contributed by atoms with Crippen LogP contribution in [0, 0.1) is 27.7 Å². The Balaban J connectivity index is 1.64. The second-order valence-electron chi connectivity index (χ2n) is 7.91. The van der Waals surface area contributed by atoms with Crippen LogP contribution in [0.1, 0.15) is 27.8 Å². The van der Waals surface area contributed by atoms with Gasteiger partial charge in [0.25, 0.3) is 0 Å². The van der Waals surface area contributed by atoms with Gasteiger partial charge >= 0.3 is 5.69 Å². The number of benzene rings is 3. The normalized spacial score (nSPS) is 11.0. The van der Waals surface area contributed by atoms with Crippen LogP contribution >= 0.6 is 0 Å². The van der Waals surface area contributed by atoms with Gasteiger partial charge in [0.2, 0.25) is 0 Å². The zero-order chi connectivity index (χ0) is 22.1. The van der Waals surface area contributed by atoms with Crippen LogP contribution in [-0.4, -0.2) is 19.8 Å². The van der Waals surface area contributed by atoms with Crippen molar-refractivity contribution in [2.45, 2.75) is 34.3 Å². The molecule has 0 radical (unpaired) electrons. The number of nitrogens with zero attached hydrogens (tertiary/aromatic N) is 4. The molecule has 0 unspecified atom stereocenters. The third-order valence-electron chi connectivity index (χ3n) is 5.65. The first-order valence-electron chi connectivity index (χ1n) is 10.2. The zero-order valence-corrected chi connectivity index (χ0v) is 18.5. The predicted molar refractivity (Wildman–Crippen MR) is 122 cm³/mol. The Hall–Kier alpha value is -3.67. The molecule has 1 heterocycles. The van der Waals surface area contributed by atoms with Crippen molar-refractivity contribution in [3.05, 3.63) is 92.9 Å². The third-order valence-corrected chi connectivity index (χ3v) is 5.65. The van der Waals surface area contributed by atoms with Gasteiger partial charge in [-0.05, 0) is 89.7 Å². The molecule has 6 nitrogen and oxygen atoms in total. The fraction of sp³-hybridized carbons (Fsp3) is 0.240. The lowest BCUT2D eigenvalue weighted by Gasteiger charge is -2.16. The van der Waals surface area contributed by atoms with E-state index in [1.54, 1.807) is 7.05 Å². The molecular weight excluding hydrogens is 388 g/mol. The van der Waals surface area contributed by atoms with Gasteiger partial charge in [-0.3, -0.25) is 0 Å². The van der Waals surface area contributed by atoms with E-state index >= 15 is 0 Å². The first kappa shape index (κ1) is 20.6. The number of aryl methyl sites for hydroxylation is 5. The van der Waals surface area contributed by atoms with Gasteiger partial charge in [-0.15, -0.1) is 0 Å². The average molecular weight is 415 g/mol. The molecular formula is C25H26N4O2. The predicted octanol–water partition coefficient (Wildman–Crippen LogP) is 4.45. The van der Waals surface area contributed by atoms with Gasteiger partial charge in [-0.2, -0.15) is 9.36 Å². The van der Waals surface area contributed by atoms with Crippen molar-refractivity contribution >= 4 is 0 Å². The molecule has 158 valence electrons. The summed E-state index contributed by atoms with van der Waals surface area (Å²) < 4.78 is 8.71. The van der Waals surface area contributed by atoms with Gasteiger partial charge in [0.1, 0.15) is 12.4 Å². The summed E-state index contributed by atoms with van der Waals surface area (Å²) in [6, 6.07) is 18.4. The molecule has 4 rings (SSSR count). The van der Waals surface area contributed by atoms with Gasteiger partial charge in [-0.25, -0.2) is 4.79 Å². The monoisotopic (exact) mass is 414 g/mol. The highest BCUT2D eigenvalue weighted by Crippen LogP contribution is 2.31. The Bertz CT molecular complexity index is 1300. The first-order chi connectivity index (χ1) is 14.9. The molecule has 6 heteroatoms. The summed E-state index contributed by atoms with van der Waals surface area (Å²) in [5.74, 6) is 0.815. The van der Waals surface area contributed by atoms with Crippen LogP contribution in [0.4, 0.5) is 0 Å². The summed E-state index contributed by atoms with van der Waals surface area (Å²) >= 11 is 0. The second kappa shape index (κ2) is 8.22. The van der Waals surface area contributed by atoms with Crippen LogP contribution in [0.5, 0.6) is 5.75 Å². The molecule has 0 fully saturated rings. The summed E-state index contributed by atoms with van der Waals surface area (Å²) in [7, 11) is 1.58. The summed E-state index contributed by atoms with van der Waals surface area (Å²) in [5.41, 5.74) is 8.35. The van der Waals surface area contributed by atoms with E-state index in [1.807, 2.05) is 31.2 Å². The lowest BCUT2D eigenvalue weighted by atomic mass is 9.94. The number of aromatic nitrogens is 4. The average Bonchev–Trinajstić information content (AvgIpc) is 3.06. The van der Waals surface area contributed by atoms with Crippen LogP contribution in [0.25, 0.3) is 16.8 Å². The van der Waals surface area contributed by atoms with Gasteiger partial charge in [-0.1, -0.05) is 36.4 Å². The Morgan fingerprint density at radius 2 is 1.52 bits per heavy atom. The van der Waals surface area contributed by atoms with Crippen LogP contribution in [-0.2, 0) is 13.7 Å². The number of ether oxygens (including phenoxy) is 1. The van der Waals surface area contributed by atoms with E-state index in [0.717, 1.165) is 22.4 Å². The topological polar surface area (TPSA) is 61.9 Å². The summed E-state index contributed by atoms with van der Waals surface area (Å²) in [5, 5.41) is 7.81. The minimum atomic E-state index is -0.291. The van der Waals surface area contributed by atoms with Crippen molar-refractivity contribution in [2.75, 3.05) is 0 Å². The van der Waals surface area contributed by atoms with Gasteiger partial charge < -0.3 is 4.74 Å². The largest absolute Gasteiger partial charge is 0.489 e. The molecule has 3 aromatic carbocycles. The maximum atomic E-state index is 12.3. The molecule has 0 N–H and O–H groups in total. The van der Waals surface area contributed by atoms with E-state index in [4.69, 9.17) is 4.74 Å². The maximum Gasteiger partial charge on any atom is 0.368 e. The molecule has 0 aliphatic heterocycles. The molecule has 0 aliphatic carbocycles. The molecule has 1 aromatic heterocycles.